The Bertz CT molecular complexity index is 1110. The van der Waals surface area contributed by atoms with Crippen LogP contribution in [-0.2, 0) is 10.0 Å². The lowest BCUT2D eigenvalue weighted by Gasteiger charge is -2.19. The van der Waals surface area contributed by atoms with Crippen LogP contribution in [0.1, 0.15) is 25.6 Å². The fraction of sp³-hybridized carbons (Fsp3) is 0.300. The second kappa shape index (κ2) is 7.37. The molecule has 1 atom stereocenters. The maximum atomic E-state index is 12.8. The minimum absolute atomic E-state index is 0.106. The maximum Gasteiger partial charge on any atom is 0.241 e. The van der Waals surface area contributed by atoms with Crippen LogP contribution < -0.4 is 18.9 Å². The minimum Gasteiger partial charge on any atom is -0.490 e. The summed E-state index contributed by atoms with van der Waals surface area (Å²) in [6.45, 7) is 4.98. The summed E-state index contributed by atoms with van der Waals surface area (Å²) in [6.07, 6.45) is 0. The van der Waals surface area contributed by atoms with Crippen LogP contribution in [0.5, 0.6) is 17.2 Å². The third-order valence-corrected chi connectivity index (χ3v) is 5.95. The molecule has 0 spiro atoms. The van der Waals surface area contributed by atoms with Crippen LogP contribution in [0, 0.1) is 0 Å². The van der Waals surface area contributed by atoms with E-state index in [9.17, 15) is 8.42 Å². The predicted molar refractivity (Wildman–Crippen MR) is 104 cm³/mol. The van der Waals surface area contributed by atoms with E-state index < -0.39 is 16.1 Å². The highest BCUT2D eigenvalue weighted by Gasteiger charge is 2.24. The summed E-state index contributed by atoms with van der Waals surface area (Å²) in [7, 11) is -3.78. The van der Waals surface area contributed by atoms with E-state index in [-0.39, 0.29) is 4.90 Å². The molecule has 148 valence electrons. The zero-order valence-corrected chi connectivity index (χ0v) is 16.4. The lowest BCUT2D eigenvalue weighted by Crippen LogP contribution is -2.27. The van der Waals surface area contributed by atoms with E-state index in [0.29, 0.717) is 48.4 Å². The molecule has 0 unspecified atom stereocenters. The van der Waals surface area contributed by atoms with Crippen molar-refractivity contribution in [2.24, 2.45) is 0 Å². The molecule has 0 saturated carbocycles. The number of sulfonamides is 1. The molecule has 2 heterocycles. The van der Waals surface area contributed by atoms with Crippen molar-refractivity contribution < 1.29 is 27.0 Å². The van der Waals surface area contributed by atoms with Crippen LogP contribution in [0.15, 0.2) is 51.8 Å². The molecule has 0 amide bonds. The molecule has 2 aromatic carbocycles. The average Bonchev–Trinajstić information content (AvgIpc) is 3.13. The number of hydrogen-bond acceptors (Lipinski definition) is 6. The van der Waals surface area contributed by atoms with Gasteiger partial charge < -0.3 is 18.6 Å². The number of ether oxygens (including phenoxy) is 3. The van der Waals surface area contributed by atoms with Gasteiger partial charge in [-0.05, 0) is 38.1 Å². The molecule has 4 rings (SSSR count). The van der Waals surface area contributed by atoms with Crippen molar-refractivity contribution in [1.29, 1.82) is 0 Å². The second-order valence-electron chi connectivity index (χ2n) is 6.40. The number of hydrogen-bond donors (Lipinski definition) is 1. The fourth-order valence-electron chi connectivity index (χ4n) is 3.09. The van der Waals surface area contributed by atoms with E-state index in [1.54, 1.807) is 13.0 Å². The first-order chi connectivity index (χ1) is 13.5. The number of fused-ring (bicyclic) bond motifs is 2. The van der Waals surface area contributed by atoms with Crippen LogP contribution in [-0.4, -0.2) is 28.2 Å². The third kappa shape index (κ3) is 3.53. The van der Waals surface area contributed by atoms with Gasteiger partial charge in [0.25, 0.3) is 0 Å². The van der Waals surface area contributed by atoms with Crippen molar-refractivity contribution in [2.75, 3.05) is 19.8 Å². The summed E-state index contributed by atoms with van der Waals surface area (Å²) in [6, 6.07) is 11.4. The summed E-state index contributed by atoms with van der Waals surface area (Å²) in [5.41, 5.74) is 0.602. The van der Waals surface area contributed by atoms with Crippen LogP contribution in [0.4, 0.5) is 0 Å². The Morgan fingerprint density at radius 3 is 2.68 bits per heavy atom. The summed E-state index contributed by atoms with van der Waals surface area (Å²) in [5, 5.41) is 0.853. The zero-order chi connectivity index (χ0) is 19.7. The molecule has 8 heteroatoms. The number of nitrogens with one attached hydrogen (secondary N) is 1. The lowest BCUT2D eigenvalue weighted by molar-refractivity contribution is 0.171. The fourth-order valence-corrected chi connectivity index (χ4v) is 4.32. The quantitative estimate of drug-likeness (QED) is 0.676. The molecule has 0 aliphatic carbocycles. The van der Waals surface area contributed by atoms with Gasteiger partial charge >= 0.3 is 0 Å². The monoisotopic (exact) mass is 403 g/mol. The summed E-state index contributed by atoms with van der Waals surface area (Å²) < 4.78 is 50.7. The molecule has 0 bridgehead atoms. The Morgan fingerprint density at radius 2 is 1.89 bits per heavy atom. The van der Waals surface area contributed by atoms with Crippen LogP contribution >= 0.6 is 0 Å². The lowest BCUT2D eigenvalue weighted by atomic mass is 10.2. The normalized spacial score (nSPS) is 14.8. The van der Waals surface area contributed by atoms with Crippen molar-refractivity contribution in [3.63, 3.8) is 0 Å². The summed E-state index contributed by atoms with van der Waals surface area (Å²) in [5.74, 6) is 2.10. The molecular weight excluding hydrogens is 382 g/mol. The Balaban J connectivity index is 1.59. The SMILES string of the molecule is CCOc1cccc2cc([C@H](C)NS(=O)(=O)c3ccc4c(c3)OCCO4)oc12. The van der Waals surface area contributed by atoms with Gasteiger partial charge in [0.1, 0.15) is 19.0 Å². The third-order valence-electron chi connectivity index (χ3n) is 4.41. The molecule has 1 aliphatic heterocycles. The highest BCUT2D eigenvalue weighted by atomic mass is 32.2. The van der Waals surface area contributed by atoms with Crippen molar-refractivity contribution in [2.45, 2.75) is 24.8 Å². The zero-order valence-electron chi connectivity index (χ0n) is 15.6. The van der Waals surface area contributed by atoms with Gasteiger partial charge in [-0.15, -0.1) is 0 Å². The smallest absolute Gasteiger partial charge is 0.241 e. The number of para-hydroxylation sites is 1. The summed E-state index contributed by atoms with van der Waals surface area (Å²) in [4.78, 5) is 0.106. The van der Waals surface area contributed by atoms with Gasteiger partial charge in [-0.2, -0.15) is 0 Å². The molecule has 28 heavy (non-hydrogen) atoms. The number of furan rings is 1. The molecule has 3 aromatic rings. The van der Waals surface area contributed by atoms with Gasteiger partial charge in [0.05, 0.1) is 17.5 Å². The summed E-state index contributed by atoms with van der Waals surface area (Å²) >= 11 is 0. The highest BCUT2D eigenvalue weighted by Crippen LogP contribution is 2.34. The van der Waals surface area contributed by atoms with Gasteiger partial charge in [0, 0.05) is 11.5 Å². The predicted octanol–water partition coefficient (Wildman–Crippen LogP) is 3.64. The van der Waals surface area contributed by atoms with Gasteiger partial charge in [-0.25, -0.2) is 13.1 Å². The van der Waals surface area contributed by atoms with E-state index in [4.69, 9.17) is 18.6 Å². The largest absolute Gasteiger partial charge is 0.490 e. The molecule has 1 aromatic heterocycles. The van der Waals surface area contributed by atoms with Crippen LogP contribution in [0.25, 0.3) is 11.0 Å². The Morgan fingerprint density at radius 1 is 1.11 bits per heavy atom. The van der Waals surface area contributed by atoms with E-state index in [1.165, 1.54) is 12.1 Å². The second-order valence-corrected chi connectivity index (χ2v) is 8.12. The molecule has 1 N–H and O–H groups in total. The van der Waals surface area contributed by atoms with E-state index in [1.807, 2.05) is 31.2 Å². The van der Waals surface area contributed by atoms with Crippen LogP contribution in [0.3, 0.4) is 0 Å². The van der Waals surface area contributed by atoms with E-state index in [0.717, 1.165) is 5.39 Å². The Hall–Kier alpha value is -2.71. The molecule has 1 aliphatic rings. The minimum atomic E-state index is -3.78. The molecule has 0 radical (unpaired) electrons. The first-order valence-corrected chi connectivity index (χ1v) is 10.5. The van der Waals surface area contributed by atoms with Gasteiger partial charge in [-0.3, -0.25) is 0 Å². The first-order valence-electron chi connectivity index (χ1n) is 9.05. The van der Waals surface area contributed by atoms with E-state index >= 15 is 0 Å². The molecular formula is C20H21NO6S. The molecule has 7 nitrogen and oxygen atoms in total. The van der Waals surface area contributed by atoms with Gasteiger partial charge in [-0.1, -0.05) is 12.1 Å². The number of benzene rings is 2. The van der Waals surface area contributed by atoms with Crippen molar-refractivity contribution >= 4 is 21.0 Å². The van der Waals surface area contributed by atoms with Crippen LogP contribution in [0.2, 0.25) is 0 Å². The van der Waals surface area contributed by atoms with E-state index in [2.05, 4.69) is 4.72 Å². The molecule has 0 saturated heterocycles. The molecule has 0 fully saturated rings. The van der Waals surface area contributed by atoms with Crippen molar-refractivity contribution in [1.82, 2.24) is 4.72 Å². The Kier molecular flexibility index (Phi) is 4.91. The van der Waals surface area contributed by atoms with Crippen molar-refractivity contribution in [3.05, 3.63) is 48.2 Å². The standard InChI is InChI=1S/C20H21NO6S/c1-3-24-17-6-4-5-14-11-18(27-20(14)17)13(2)21-28(22,23)15-7-8-16-19(12-15)26-10-9-25-16/h4-8,11-13,21H,3,9-10H2,1-2H3/t13-/m0/s1. The van der Waals surface area contributed by atoms with Gasteiger partial charge in [0.15, 0.2) is 22.8 Å². The Labute approximate surface area is 163 Å². The number of rotatable bonds is 6. The maximum absolute atomic E-state index is 12.8. The average molecular weight is 403 g/mol. The topological polar surface area (TPSA) is 87.0 Å². The van der Waals surface area contributed by atoms with Gasteiger partial charge in [0.2, 0.25) is 10.0 Å². The first kappa shape index (κ1) is 18.6. The highest BCUT2D eigenvalue weighted by molar-refractivity contribution is 7.89. The van der Waals surface area contributed by atoms with Crippen molar-refractivity contribution in [3.8, 4) is 17.2 Å².